The van der Waals surface area contributed by atoms with E-state index < -0.39 is 10.0 Å². The Hall–Kier alpha value is -1.61. The monoisotopic (exact) mass is 400 g/mol. The molecule has 1 atom stereocenters. The number of fused-ring (bicyclic) bond motifs is 1. The van der Waals surface area contributed by atoms with Crippen molar-refractivity contribution in [3.63, 3.8) is 0 Å². The summed E-state index contributed by atoms with van der Waals surface area (Å²) in [5, 5.41) is 0. The minimum atomic E-state index is -3.61. The van der Waals surface area contributed by atoms with Gasteiger partial charge in [-0.1, -0.05) is 17.7 Å². The van der Waals surface area contributed by atoms with Gasteiger partial charge in [0, 0.05) is 18.7 Å². The number of benzene rings is 1. The SMILES string of the molecule is CCN1C(=O)OC(C)c2cc(CNS(=O)(=O)c3ccc(Cl)s3)ccc21. The molecule has 1 aliphatic heterocycles. The number of carbonyl (C=O) groups excluding carboxylic acids is 1. The molecule has 2 heterocycles. The molecule has 1 amide bonds. The molecular formula is C16H17ClN2O4S2. The van der Waals surface area contributed by atoms with Crippen molar-refractivity contribution in [2.75, 3.05) is 11.4 Å². The summed E-state index contributed by atoms with van der Waals surface area (Å²) in [4.78, 5) is 13.5. The highest BCUT2D eigenvalue weighted by atomic mass is 35.5. The lowest BCUT2D eigenvalue weighted by molar-refractivity contribution is 0.108. The zero-order valence-corrected chi connectivity index (χ0v) is 16.0. The fourth-order valence-corrected chi connectivity index (χ4v) is 5.20. The van der Waals surface area contributed by atoms with Gasteiger partial charge < -0.3 is 4.74 Å². The Bertz CT molecular complexity index is 911. The standard InChI is InChI=1S/C16H17ClN2O4S2/c1-3-19-13-5-4-11(8-12(13)10(2)23-16(19)20)9-18-25(21,22)15-7-6-14(17)24-15/h4-8,10,18H,3,9H2,1-2H3. The van der Waals surface area contributed by atoms with E-state index in [0.717, 1.165) is 28.2 Å². The molecule has 25 heavy (non-hydrogen) atoms. The van der Waals surface area contributed by atoms with Gasteiger partial charge >= 0.3 is 6.09 Å². The van der Waals surface area contributed by atoms with Gasteiger partial charge in [-0.15, -0.1) is 11.3 Å². The van der Waals surface area contributed by atoms with Crippen molar-refractivity contribution in [2.24, 2.45) is 0 Å². The summed E-state index contributed by atoms with van der Waals surface area (Å²) in [6.07, 6.45) is -0.747. The molecule has 2 aromatic rings. The van der Waals surface area contributed by atoms with E-state index in [1.54, 1.807) is 24.0 Å². The van der Waals surface area contributed by atoms with E-state index in [-0.39, 0.29) is 23.0 Å². The Kier molecular flexibility index (Phi) is 5.06. The van der Waals surface area contributed by atoms with Gasteiger partial charge in [-0.25, -0.2) is 17.9 Å². The molecule has 0 aliphatic carbocycles. The molecule has 1 unspecified atom stereocenters. The third kappa shape index (κ3) is 3.67. The number of thiophene rings is 1. The lowest BCUT2D eigenvalue weighted by Gasteiger charge is -2.32. The third-order valence-corrected chi connectivity index (χ3v) is 7.04. The molecule has 1 aromatic carbocycles. The van der Waals surface area contributed by atoms with E-state index >= 15 is 0 Å². The number of amides is 1. The summed E-state index contributed by atoms with van der Waals surface area (Å²) < 4.78 is 33.0. The Morgan fingerprint density at radius 2 is 2.08 bits per heavy atom. The number of rotatable bonds is 5. The third-order valence-electron chi connectivity index (χ3n) is 3.91. The highest BCUT2D eigenvalue weighted by Gasteiger charge is 2.29. The van der Waals surface area contributed by atoms with Crippen molar-refractivity contribution < 1.29 is 17.9 Å². The molecule has 0 saturated carbocycles. The smallest absolute Gasteiger partial charge is 0.414 e. The van der Waals surface area contributed by atoms with Crippen LogP contribution in [0.4, 0.5) is 10.5 Å². The number of carbonyl (C=O) groups is 1. The largest absolute Gasteiger partial charge is 0.441 e. The number of sulfonamides is 1. The zero-order valence-electron chi connectivity index (χ0n) is 13.7. The summed E-state index contributed by atoms with van der Waals surface area (Å²) in [5.41, 5.74) is 2.44. The fourth-order valence-electron chi connectivity index (χ4n) is 2.65. The number of hydrogen-bond donors (Lipinski definition) is 1. The van der Waals surface area contributed by atoms with Crippen molar-refractivity contribution in [1.82, 2.24) is 4.72 Å². The van der Waals surface area contributed by atoms with Crippen LogP contribution in [0, 0.1) is 0 Å². The molecule has 0 fully saturated rings. The van der Waals surface area contributed by atoms with Crippen molar-refractivity contribution in [3.8, 4) is 0 Å². The molecule has 0 radical (unpaired) electrons. The molecule has 9 heteroatoms. The lowest BCUT2D eigenvalue weighted by Crippen LogP contribution is -2.36. The number of halogens is 1. The van der Waals surface area contributed by atoms with E-state index in [9.17, 15) is 13.2 Å². The van der Waals surface area contributed by atoms with Crippen LogP contribution in [0.1, 0.15) is 31.1 Å². The molecule has 3 rings (SSSR count). The Balaban J connectivity index is 1.81. The molecular weight excluding hydrogens is 384 g/mol. The van der Waals surface area contributed by atoms with Crippen LogP contribution in [0.15, 0.2) is 34.5 Å². The number of nitrogens with zero attached hydrogens (tertiary/aromatic N) is 1. The highest BCUT2D eigenvalue weighted by molar-refractivity contribution is 7.91. The summed E-state index contributed by atoms with van der Waals surface area (Å²) >= 11 is 6.81. The summed E-state index contributed by atoms with van der Waals surface area (Å²) in [5.74, 6) is 0. The van der Waals surface area contributed by atoms with Crippen LogP contribution in [-0.2, 0) is 21.3 Å². The van der Waals surface area contributed by atoms with Crippen molar-refractivity contribution >= 4 is 44.7 Å². The second kappa shape index (κ2) is 6.95. The molecule has 1 aromatic heterocycles. The Morgan fingerprint density at radius 3 is 2.72 bits per heavy atom. The van der Waals surface area contributed by atoms with Crippen LogP contribution in [0.5, 0.6) is 0 Å². The summed E-state index contributed by atoms with van der Waals surface area (Å²) in [7, 11) is -3.61. The molecule has 0 spiro atoms. The van der Waals surface area contributed by atoms with Crippen molar-refractivity contribution in [1.29, 1.82) is 0 Å². The maximum atomic E-state index is 12.3. The number of nitrogens with one attached hydrogen (secondary N) is 1. The van der Waals surface area contributed by atoms with Crippen LogP contribution in [0.3, 0.4) is 0 Å². The topological polar surface area (TPSA) is 75.7 Å². The van der Waals surface area contributed by atoms with Gasteiger partial charge in [-0.05, 0) is 43.7 Å². The first-order valence-electron chi connectivity index (χ1n) is 7.68. The minimum absolute atomic E-state index is 0.137. The van der Waals surface area contributed by atoms with Gasteiger partial charge in [-0.2, -0.15) is 0 Å². The Labute approximate surface area is 155 Å². The van der Waals surface area contributed by atoms with E-state index in [1.807, 2.05) is 19.1 Å². The van der Waals surface area contributed by atoms with Crippen LogP contribution in [0.25, 0.3) is 0 Å². The van der Waals surface area contributed by atoms with Crippen LogP contribution >= 0.6 is 22.9 Å². The predicted octanol–water partition coefficient (Wildman–Crippen LogP) is 3.92. The highest BCUT2D eigenvalue weighted by Crippen LogP contribution is 2.35. The lowest BCUT2D eigenvalue weighted by atomic mass is 10.0. The van der Waals surface area contributed by atoms with E-state index in [1.165, 1.54) is 6.07 Å². The molecule has 0 bridgehead atoms. The van der Waals surface area contributed by atoms with Crippen molar-refractivity contribution in [2.45, 2.75) is 30.7 Å². The summed E-state index contributed by atoms with van der Waals surface area (Å²) in [6, 6.07) is 8.51. The normalized spacial score (nSPS) is 17.3. The first-order chi connectivity index (χ1) is 11.8. The molecule has 0 saturated heterocycles. The van der Waals surface area contributed by atoms with Crippen LogP contribution in [-0.4, -0.2) is 21.1 Å². The number of cyclic esters (lactones) is 1. The van der Waals surface area contributed by atoms with Gasteiger partial charge in [-0.3, -0.25) is 4.90 Å². The molecule has 6 nitrogen and oxygen atoms in total. The number of anilines is 1. The first kappa shape index (κ1) is 18.2. The second-order valence-corrected chi connectivity index (χ2v) is 9.26. The van der Waals surface area contributed by atoms with Crippen molar-refractivity contribution in [3.05, 3.63) is 45.8 Å². The summed E-state index contributed by atoms with van der Waals surface area (Å²) in [6.45, 7) is 4.31. The zero-order chi connectivity index (χ0) is 18.2. The number of ether oxygens (including phenoxy) is 1. The fraction of sp³-hybridized carbons (Fsp3) is 0.312. The predicted molar refractivity (Wildman–Crippen MR) is 97.7 cm³/mol. The maximum absolute atomic E-state index is 12.3. The average molecular weight is 401 g/mol. The molecule has 134 valence electrons. The van der Waals surface area contributed by atoms with Crippen LogP contribution < -0.4 is 9.62 Å². The van der Waals surface area contributed by atoms with E-state index in [2.05, 4.69) is 4.72 Å². The van der Waals surface area contributed by atoms with Gasteiger partial charge in [0.15, 0.2) is 0 Å². The molecule has 1 N–H and O–H groups in total. The molecule has 1 aliphatic rings. The maximum Gasteiger partial charge on any atom is 0.414 e. The quantitative estimate of drug-likeness (QED) is 0.825. The van der Waals surface area contributed by atoms with E-state index in [0.29, 0.717) is 10.9 Å². The Morgan fingerprint density at radius 1 is 1.32 bits per heavy atom. The minimum Gasteiger partial charge on any atom is -0.441 e. The van der Waals surface area contributed by atoms with E-state index in [4.69, 9.17) is 16.3 Å². The second-order valence-electron chi connectivity index (χ2n) is 5.55. The van der Waals surface area contributed by atoms with Gasteiger partial charge in [0.1, 0.15) is 10.3 Å². The average Bonchev–Trinajstić information content (AvgIpc) is 3.01. The number of hydrogen-bond acceptors (Lipinski definition) is 5. The van der Waals surface area contributed by atoms with Gasteiger partial charge in [0.05, 0.1) is 10.0 Å². The van der Waals surface area contributed by atoms with Gasteiger partial charge in [0.25, 0.3) is 0 Å². The van der Waals surface area contributed by atoms with Crippen LogP contribution in [0.2, 0.25) is 4.34 Å². The van der Waals surface area contributed by atoms with Gasteiger partial charge in [0.2, 0.25) is 10.0 Å². The first-order valence-corrected chi connectivity index (χ1v) is 10.4.